The Kier molecular flexibility index (Phi) is 5.80. The van der Waals surface area contributed by atoms with Crippen LogP contribution in [0, 0.1) is 29.1 Å². The molecule has 1 saturated carbocycles. The van der Waals surface area contributed by atoms with Crippen molar-refractivity contribution in [2.45, 2.75) is 64.1 Å². The number of allylic oxidation sites excluding steroid dienone is 4. The number of methoxy groups -OCH3 is 1. The van der Waals surface area contributed by atoms with Crippen molar-refractivity contribution in [3.05, 3.63) is 52.6 Å². The number of aliphatic imine (C=N–C) groups is 2. The Bertz CT molecular complexity index is 1130. The molecule has 1 aromatic rings. The number of hydrogen-bond acceptors (Lipinski definition) is 5. The van der Waals surface area contributed by atoms with Crippen molar-refractivity contribution in [1.29, 1.82) is 5.26 Å². The first kappa shape index (κ1) is 22.1. The molecule has 1 fully saturated rings. The average Bonchev–Trinajstić information content (AvgIpc) is 3.28. The zero-order valence-corrected chi connectivity index (χ0v) is 19.1. The van der Waals surface area contributed by atoms with Crippen molar-refractivity contribution in [2.75, 3.05) is 7.11 Å². The minimum absolute atomic E-state index is 0.0800. The summed E-state index contributed by atoms with van der Waals surface area (Å²) in [6.07, 6.45) is 14.7. The third kappa shape index (κ3) is 3.38. The van der Waals surface area contributed by atoms with Crippen molar-refractivity contribution in [2.24, 2.45) is 21.1 Å². The Balaban J connectivity index is 1.83. The summed E-state index contributed by atoms with van der Waals surface area (Å²) in [4.78, 5) is 10.3. The molecule has 1 aromatic carbocycles. The molecule has 4 rings (SSSR count). The van der Waals surface area contributed by atoms with Gasteiger partial charge in [0.25, 0.3) is 0 Å². The summed E-state index contributed by atoms with van der Waals surface area (Å²) in [6.45, 7) is 4.08. The van der Waals surface area contributed by atoms with Gasteiger partial charge in [-0.3, -0.25) is 4.99 Å². The van der Waals surface area contributed by atoms with E-state index >= 15 is 0 Å². The third-order valence-electron chi connectivity index (χ3n) is 7.38. The second-order valence-electron chi connectivity index (χ2n) is 9.05. The van der Waals surface area contributed by atoms with Crippen LogP contribution in [-0.2, 0) is 16.8 Å². The maximum absolute atomic E-state index is 9.35. The highest BCUT2D eigenvalue weighted by Gasteiger charge is 2.60. The van der Waals surface area contributed by atoms with Crippen LogP contribution in [0.5, 0.6) is 0 Å². The number of rotatable bonds is 4. The van der Waals surface area contributed by atoms with E-state index in [1.54, 1.807) is 7.11 Å². The molecule has 3 aliphatic rings. The van der Waals surface area contributed by atoms with Gasteiger partial charge in [0.2, 0.25) is 0 Å². The number of terminal acetylenes is 1. The second-order valence-corrected chi connectivity index (χ2v) is 9.05. The number of hydrogen-bond donors (Lipinski definition) is 1. The van der Waals surface area contributed by atoms with Crippen LogP contribution in [0.3, 0.4) is 0 Å². The molecular weight excluding hydrogens is 396 g/mol. The van der Waals surface area contributed by atoms with Gasteiger partial charge in [-0.25, -0.2) is 4.99 Å². The van der Waals surface area contributed by atoms with Gasteiger partial charge in [-0.2, -0.15) is 5.26 Å². The average molecular weight is 427 g/mol. The number of ether oxygens (including phenoxy) is 1. The van der Waals surface area contributed by atoms with Gasteiger partial charge in [0, 0.05) is 24.2 Å². The number of nitriles is 1. The van der Waals surface area contributed by atoms with Crippen LogP contribution in [0.25, 0.3) is 5.57 Å². The van der Waals surface area contributed by atoms with Gasteiger partial charge in [-0.15, -0.1) is 6.42 Å². The van der Waals surface area contributed by atoms with Gasteiger partial charge in [-0.1, -0.05) is 25.0 Å². The Hall–Kier alpha value is -3.15. The molecular formula is C27H30N4O. The number of amidine groups is 1. The van der Waals surface area contributed by atoms with Crippen molar-refractivity contribution in [1.82, 2.24) is 0 Å². The van der Waals surface area contributed by atoms with E-state index in [9.17, 15) is 5.26 Å². The first-order valence-electron chi connectivity index (χ1n) is 11.3. The molecule has 5 heteroatoms. The van der Waals surface area contributed by atoms with Gasteiger partial charge in [0.15, 0.2) is 5.66 Å². The zero-order valence-electron chi connectivity index (χ0n) is 19.1. The first-order valence-corrected chi connectivity index (χ1v) is 11.3. The second kappa shape index (κ2) is 8.41. The fourth-order valence-electron chi connectivity index (χ4n) is 5.63. The van der Waals surface area contributed by atoms with E-state index in [1.807, 2.05) is 13.0 Å². The molecule has 0 bridgehead atoms. The summed E-state index contributed by atoms with van der Waals surface area (Å²) in [5.74, 6) is 3.00. The van der Waals surface area contributed by atoms with Crippen molar-refractivity contribution in [3.63, 3.8) is 0 Å². The zero-order chi connectivity index (χ0) is 22.9. The molecule has 32 heavy (non-hydrogen) atoms. The maximum atomic E-state index is 9.35. The highest BCUT2D eigenvalue weighted by atomic mass is 16.5. The summed E-state index contributed by atoms with van der Waals surface area (Å²) in [6, 6.07) is 8.66. The fourth-order valence-corrected chi connectivity index (χ4v) is 5.63. The van der Waals surface area contributed by atoms with E-state index in [4.69, 9.17) is 26.9 Å². The maximum Gasteiger partial charge on any atom is 0.184 e. The topological polar surface area (TPSA) is 83.8 Å². The molecule has 2 aliphatic carbocycles. The predicted octanol–water partition coefficient (Wildman–Crippen LogP) is 4.68. The minimum Gasteiger partial charge on any atom is -0.382 e. The molecule has 0 aromatic heterocycles. The normalized spacial score (nSPS) is 29.5. The van der Waals surface area contributed by atoms with Crippen LogP contribution in [0.15, 0.2) is 45.9 Å². The van der Waals surface area contributed by atoms with Gasteiger partial charge in [-0.05, 0) is 74.3 Å². The minimum atomic E-state index is -0.667. The van der Waals surface area contributed by atoms with Crippen LogP contribution in [0.4, 0.5) is 0 Å². The Morgan fingerprint density at radius 1 is 1.34 bits per heavy atom. The summed E-state index contributed by atoms with van der Waals surface area (Å²) < 4.78 is 5.65. The molecule has 164 valence electrons. The first-order chi connectivity index (χ1) is 15.4. The number of nitrogens with zero attached hydrogens (tertiary/aromatic N) is 3. The molecule has 0 saturated heterocycles. The number of fused-ring (bicyclic) bond motifs is 3. The van der Waals surface area contributed by atoms with E-state index in [1.165, 1.54) is 11.6 Å². The fraction of sp³-hybridized carbons (Fsp3) is 0.444. The summed E-state index contributed by atoms with van der Waals surface area (Å²) in [5, 5.41) is 9.35. The molecule has 1 heterocycles. The van der Waals surface area contributed by atoms with Crippen molar-refractivity contribution >= 4 is 17.1 Å². The molecule has 1 atom stereocenters. The van der Waals surface area contributed by atoms with E-state index in [-0.39, 0.29) is 5.41 Å². The number of benzene rings is 1. The van der Waals surface area contributed by atoms with E-state index < -0.39 is 5.66 Å². The highest BCUT2D eigenvalue weighted by Crippen LogP contribution is 2.62. The van der Waals surface area contributed by atoms with E-state index in [0.717, 1.165) is 60.9 Å². The van der Waals surface area contributed by atoms with Crippen molar-refractivity contribution in [3.8, 4) is 18.4 Å². The third-order valence-corrected chi connectivity index (χ3v) is 7.38. The van der Waals surface area contributed by atoms with Crippen LogP contribution in [-0.4, -0.2) is 24.8 Å². The molecule has 2 N–H and O–H groups in total. The molecule has 1 unspecified atom stereocenters. The van der Waals surface area contributed by atoms with Crippen LogP contribution in [0.2, 0.25) is 0 Å². The lowest BCUT2D eigenvalue weighted by atomic mass is 9.65. The van der Waals surface area contributed by atoms with Gasteiger partial charge in [0.1, 0.15) is 5.84 Å². The van der Waals surface area contributed by atoms with Crippen LogP contribution >= 0.6 is 0 Å². The van der Waals surface area contributed by atoms with Crippen LogP contribution in [0.1, 0.15) is 62.6 Å². The summed E-state index contributed by atoms with van der Waals surface area (Å²) >= 11 is 0. The van der Waals surface area contributed by atoms with E-state index in [2.05, 4.69) is 37.1 Å². The Morgan fingerprint density at radius 3 is 2.69 bits per heavy atom. The lowest BCUT2D eigenvalue weighted by molar-refractivity contribution is -0.000395. The van der Waals surface area contributed by atoms with Crippen molar-refractivity contribution < 1.29 is 4.74 Å². The standard InChI is InChI=1S/C27H30N4O/c1-5-7-19(17-28)14-18(3)20-8-9-21-16-26(12-10-22(32-4)11-13-26)27(23(21)15-20)30-24(6-2)25(29)31-27/h1,7-9,14-15,22H,6,10-13,16H2,2-4H3,(H2,29,31)/b18-14+,19-7+/t22-,26-,27?. The van der Waals surface area contributed by atoms with Gasteiger partial charge < -0.3 is 10.5 Å². The lowest BCUT2D eigenvalue weighted by Crippen LogP contribution is -2.43. The summed E-state index contributed by atoms with van der Waals surface area (Å²) in [5.41, 5.74) is 11.4. The Morgan fingerprint density at radius 2 is 2.09 bits per heavy atom. The quantitative estimate of drug-likeness (QED) is 0.431. The Labute approximate surface area is 190 Å². The predicted molar refractivity (Wildman–Crippen MR) is 129 cm³/mol. The van der Waals surface area contributed by atoms with Gasteiger partial charge in [0.05, 0.1) is 23.5 Å². The molecule has 5 nitrogen and oxygen atoms in total. The molecule has 0 amide bonds. The molecule has 2 spiro atoms. The smallest absolute Gasteiger partial charge is 0.184 e. The summed E-state index contributed by atoms with van der Waals surface area (Å²) in [7, 11) is 1.80. The SMILES string of the molecule is C#C/C=C(C#N)\C=C(/C)c1ccc2c(c1)C1(N=C(N)C(CC)=N1)[C@]1(CC[C@H](OC)CC1)C2. The van der Waals surface area contributed by atoms with Crippen LogP contribution < -0.4 is 5.73 Å². The molecule has 0 radical (unpaired) electrons. The lowest BCUT2D eigenvalue weighted by Gasteiger charge is -2.44. The monoisotopic (exact) mass is 426 g/mol. The molecule has 1 aliphatic heterocycles. The number of nitrogens with two attached hydrogens (primary N) is 1. The highest BCUT2D eigenvalue weighted by molar-refractivity contribution is 6.42. The van der Waals surface area contributed by atoms with E-state index in [0.29, 0.717) is 17.5 Å². The van der Waals surface area contributed by atoms with Gasteiger partial charge >= 0.3 is 0 Å². The largest absolute Gasteiger partial charge is 0.382 e.